The molecule has 152 valence electrons. The van der Waals surface area contributed by atoms with E-state index >= 15 is 0 Å². The molecule has 0 unspecified atom stereocenters. The van der Waals surface area contributed by atoms with Gasteiger partial charge in [0.15, 0.2) is 16.6 Å². The zero-order valence-electron chi connectivity index (χ0n) is 16.0. The molecule has 0 spiro atoms. The maximum absolute atomic E-state index is 13.2. The van der Waals surface area contributed by atoms with Gasteiger partial charge in [0, 0.05) is 17.4 Å². The topological polar surface area (TPSA) is 72.3 Å². The van der Waals surface area contributed by atoms with Gasteiger partial charge in [-0.25, -0.2) is 18.9 Å². The number of allylic oxidation sites excluding steroid dienone is 1. The Hall–Kier alpha value is -3.39. The minimum absolute atomic E-state index is 0.267. The smallest absolute Gasteiger partial charge is 0.266 e. The van der Waals surface area contributed by atoms with Gasteiger partial charge in [0.1, 0.15) is 11.6 Å². The van der Waals surface area contributed by atoms with Crippen molar-refractivity contribution in [2.75, 3.05) is 12.4 Å². The number of thioether (sulfide) groups is 1. The minimum Gasteiger partial charge on any atom is -0.492 e. The van der Waals surface area contributed by atoms with Crippen LogP contribution in [-0.4, -0.2) is 31.9 Å². The summed E-state index contributed by atoms with van der Waals surface area (Å²) in [6.45, 7) is 4.24. The first-order chi connectivity index (χ1) is 14.6. The number of nitrogens with zero attached hydrogens (tertiary/aromatic N) is 3. The van der Waals surface area contributed by atoms with Gasteiger partial charge < -0.3 is 4.74 Å². The maximum atomic E-state index is 13.2. The van der Waals surface area contributed by atoms with Crippen LogP contribution in [-0.2, 0) is 6.42 Å². The Morgan fingerprint density at radius 3 is 2.77 bits per heavy atom. The predicted molar refractivity (Wildman–Crippen MR) is 116 cm³/mol. The van der Waals surface area contributed by atoms with Gasteiger partial charge in [0.2, 0.25) is 0 Å². The van der Waals surface area contributed by atoms with Crippen molar-refractivity contribution in [1.82, 2.24) is 19.6 Å². The third-order valence-electron chi connectivity index (χ3n) is 4.34. The van der Waals surface area contributed by atoms with Gasteiger partial charge in [0.25, 0.3) is 5.56 Å². The summed E-state index contributed by atoms with van der Waals surface area (Å²) >= 11 is 1.44. The molecule has 0 bridgehead atoms. The number of H-pyrrole nitrogens is 1. The molecule has 0 atom stereocenters. The normalized spacial score (nSPS) is 11.0. The van der Waals surface area contributed by atoms with Crippen molar-refractivity contribution in [2.45, 2.75) is 11.6 Å². The molecule has 30 heavy (non-hydrogen) atoms. The molecule has 0 aliphatic carbocycles. The Morgan fingerprint density at radius 2 is 1.97 bits per heavy atom. The number of nitrogens with one attached hydrogen (secondary N) is 1. The van der Waals surface area contributed by atoms with E-state index in [-0.39, 0.29) is 11.4 Å². The highest BCUT2D eigenvalue weighted by atomic mass is 32.2. The monoisotopic (exact) mass is 422 g/mol. The first kappa shape index (κ1) is 19.9. The van der Waals surface area contributed by atoms with E-state index in [2.05, 4.69) is 21.6 Å². The molecule has 8 heteroatoms. The second kappa shape index (κ2) is 8.96. The molecule has 2 aromatic heterocycles. The van der Waals surface area contributed by atoms with E-state index in [1.54, 1.807) is 16.6 Å². The van der Waals surface area contributed by atoms with E-state index in [1.807, 2.05) is 30.3 Å². The van der Waals surface area contributed by atoms with Crippen LogP contribution >= 0.6 is 11.8 Å². The van der Waals surface area contributed by atoms with Crippen molar-refractivity contribution in [3.05, 3.63) is 89.0 Å². The summed E-state index contributed by atoms with van der Waals surface area (Å²) in [5.74, 6) is 1.53. The quantitative estimate of drug-likeness (QED) is 0.263. The maximum Gasteiger partial charge on any atom is 0.266 e. The van der Waals surface area contributed by atoms with Crippen LogP contribution in [0.5, 0.6) is 5.75 Å². The zero-order chi connectivity index (χ0) is 20.9. The second-order valence-corrected chi connectivity index (χ2v) is 7.51. The largest absolute Gasteiger partial charge is 0.492 e. The van der Waals surface area contributed by atoms with Crippen LogP contribution in [0.25, 0.3) is 17.0 Å². The number of hydrogen-bond donors (Lipinski definition) is 1. The molecule has 4 aromatic rings. The molecule has 0 saturated carbocycles. The van der Waals surface area contributed by atoms with Crippen LogP contribution in [0, 0.1) is 5.82 Å². The van der Waals surface area contributed by atoms with Crippen molar-refractivity contribution in [1.29, 1.82) is 0 Å². The Morgan fingerprint density at radius 1 is 1.17 bits per heavy atom. The van der Waals surface area contributed by atoms with Crippen LogP contribution in [0.15, 0.2) is 77.2 Å². The highest BCUT2D eigenvalue weighted by Crippen LogP contribution is 2.23. The van der Waals surface area contributed by atoms with Crippen molar-refractivity contribution < 1.29 is 9.13 Å². The summed E-state index contributed by atoms with van der Waals surface area (Å²) in [4.78, 5) is 20.8. The molecular formula is C22H19FN4O2S. The predicted octanol–water partition coefficient (Wildman–Crippen LogP) is 4.12. The first-order valence-electron chi connectivity index (χ1n) is 9.34. The summed E-state index contributed by atoms with van der Waals surface area (Å²) in [7, 11) is 0. The van der Waals surface area contributed by atoms with Gasteiger partial charge in [-0.3, -0.25) is 9.89 Å². The second-order valence-electron chi connectivity index (χ2n) is 6.45. The van der Waals surface area contributed by atoms with E-state index in [0.717, 1.165) is 17.7 Å². The summed E-state index contributed by atoms with van der Waals surface area (Å²) in [6.07, 6.45) is 2.58. The lowest BCUT2D eigenvalue weighted by Crippen LogP contribution is -2.07. The standard InChI is InChI=1S/C22H19FN4O2S/c1-2-5-15-6-3-4-7-18(15)29-12-13-30-22-25-21(16-8-10-17(23)11-9-16)24-19-14-20(28)26-27(19)22/h2-4,6-11,14H,1,5,12-13H2,(H,26,28). The minimum atomic E-state index is -0.332. The van der Waals surface area contributed by atoms with Crippen molar-refractivity contribution in [3.63, 3.8) is 0 Å². The molecule has 0 fully saturated rings. The number of para-hydroxylation sites is 1. The van der Waals surface area contributed by atoms with Crippen LogP contribution in [0.4, 0.5) is 4.39 Å². The van der Waals surface area contributed by atoms with Crippen molar-refractivity contribution >= 4 is 17.4 Å². The number of aromatic nitrogens is 4. The molecule has 1 N–H and O–H groups in total. The SMILES string of the molecule is C=CCc1ccccc1OCCSc1nc(-c2ccc(F)cc2)nc2cc(=O)[nH]n12. The van der Waals surface area contributed by atoms with Crippen molar-refractivity contribution in [3.8, 4) is 17.1 Å². The number of rotatable bonds is 8. The lowest BCUT2D eigenvalue weighted by atomic mass is 10.1. The van der Waals surface area contributed by atoms with E-state index in [9.17, 15) is 9.18 Å². The van der Waals surface area contributed by atoms with Gasteiger partial charge in [-0.15, -0.1) is 6.58 Å². The Labute approximate surface area is 176 Å². The van der Waals surface area contributed by atoms with E-state index in [4.69, 9.17) is 4.74 Å². The number of benzene rings is 2. The molecule has 6 nitrogen and oxygen atoms in total. The summed E-state index contributed by atoms with van der Waals surface area (Å²) in [5, 5.41) is 3.28. The lowest BCUT2D eigenvalue weighted by molar-refractivity contribution is 0.340. The number of fused-ring (bicyclic) bond motifs is 1. The summed E-state index contributed by atoms with van der Waals surface area (Å²) in [5.41, 5.74) is 1.94. The lowest BCUT2D eigenvalue weighted by Gasteiger charge is -2.11. The molecule has 2 heterocycles. The fraction of sp³-hybridized carbons (Fsp3) is 0.136. The molecular weight excluding hydrogens is 403 g/mol. The van der Waals surface area contributed by atoms with Crippen LogP contribution in [0.2, 0.25) is 0 Å². The Balaban J connectivity index is 1.53. The van der Waals surface area contributed by atoms with Gasteiger partial charge in [0.05, 0.1) is 6.61 Å². The number of hydrogen-bond acceptors (Lipinski definition) is 5. The van der Waals surface area contributed by atoms with Gasteiger partial charge >= 0.3 is 0 Å². The third kappa shape index (κ3) is 4.44. The third-order valence-corrected chi connectivity index (χ3v) is 5.24. The average molecular weight is 422 g/mol. The van der Waals surface area contributed by atoms with Crippen molar-refractivity contribution in [2.24, 2.45) is 0 Å². The van der Waals surface area contributed by atoms with E-state index in [1.165, 1.54) is 30.0 Å². The van der Waals surface area contributed by atoms with Gasteiger partial charge in [-0.05, 0) is 42.3 Å². The van der Waals surface area contributed by atoms with E-state index in [0.29, 0.717) is 34.6 Å². The highest BCUT2D eigenvalue weighted by molar-refractivity contribution is 7.99. The molecule has 0 radical (unpaired) electrons. The first-order valence-corrected chi connectivity index (χ1v) is 10.3. The molecule has 2 aromatic carbocycles. The summed E-state index contributed by atoms with van der Waals surface area (Å²) < 4.78 is 20.7. The van der Waals surface area contributed by atoms with Gasteiger partial charge in [-0.1, -0.05) is 36.0 Å². The molecule has 0 aliphatic heterocycles. The summed E-state index contributed by atoms with van der Waals surface area (Å²) in [6, 6.07) is 15.2. The Bertz CT molecular complexity index is 1230. The molecule has 0 saturated heterocycles. The molecule has 0 aliphatic rings. The average Bonchev–Trinajstić information content (AvgIpc) is 3.13. The fourth-order valence-corrected chi connectivity index (χ4v) is 3.73. The number of ether oxygens (including phenoxy) is 1. The van der Waals surface area contributed by atoms with Crippen LogP contribution < -0.4 is 10.3 Å². The van der Waals surface area contributed by atoms with Crippen LogP contribution in [0.3, 0.4) is 0 Å². The fourth-order valence-electron chi connectivity index (χ4n) is 2.96. The van der Waals surface area contributed by atoms with Gasteiger partial charge in [-0.2, -0.15) is 0 Å². The molecule has 0 amide bonds. The van der Waals surface area contributed by atoms with E-state index < -0.39 is 0 Å². The zero-order valence-corrected chi connectivity index (χ0v) is 16.9. The molecule has 4 rings (SSSR count). The Kier molecular flexibility index (Phi) is 5.94. The number of halogens is 1. The number of aromatic amines is 1. The van der Waals surface area contributed by atoms with Crippen LogP contribution in [0.1, 0.15) is 5.56 Å². The highest BCUT2D eigenvalue weighted by Gasteiger charge is 2.12.